The number of benzene rings is 2. The number of hydrogen-bond acceptors (Lipinski definition) is 3. The van der Waals surface area contributed by atoms with Crippen molar-refractivity contribution < 1.29 is 9.18 Å². The van der Waals surface area contributed by atoms with Gasteiger partial charge in [0.1, 0.15) is 5.82 Å². The van der Waals surface area contributed by atoms with Crippen molar-refractivity contribution in [1.82, 2.24) is 4.57 Å². The second-order valence-electron chi connectivity index (χ2n) is 6.01. The second kappa shape index (κ2) is 8.01. The SMILES string of the molecule is C=CCn1c(=NC(=O)c2cccc(SC(C)C)c2)sc2cc(F)ccc21. The summed E-state index contributed by atoms with van der Waals surface area (Å²) in [6.45, 7) is 8.48. The minimum atomic E-state index is -0.305. The lowest BCUT2D eigenvalue weighted by molar-refractivity contribution is 0.0997. The van der Waals surface area contributed by atoms with E-state index in [4.69, 9.17) is 0 Å². The fourth-order valence-electron chi connectivity index (χ4n) is 2.56. The fraction of sp³-hybridized carbons (Fsp3) is 0.200. The highest BCUT2D eigenvalue weighted by Gasteiger charge is 2.10. The van der Waals surface area contributed by atoms with Gasteiger partial charge < -0.3 is 4.57 Å². The van der Waals surface area contributed by atoms with Gasteiger partial charge in [0.05, 0.1) is 10.2 Å². The highest BCUT2D eigenvalue weighted by molar-refractivity contribution is 7.99. The van der Waals surface area contributed by atoms with Crippen molar-refractivity contribution in [3.8, 4) is 0 Å². The van der Waals surface area contributed by atoms with Crippen molar-refractivity contribution in [3.05, 3.63) is 71.3 Å². The molecule has 0 spiro atoms. The molecule has 0 aliphatic heterocycles. The summed E-state index contributed by atoms with van der Waals surface area (Å²) in [5, 5.41) is 0.435. The first kappa shape index (κ1) is 18.6. The van der Waals surface area contributed by atoms with Crippen LogP contribution < -0.4 is 4.80 Å². The lowest BCUT2D eigenvalue weighted by Crippen LogP contribution is -2.16. The summed E-state index contributed by atoms with van der Waals surface area (Å²) in [7, 11) is 0. The lowest BCUT2D eigenvalue weighted by atomic mass is 10.2. The molecule has 0 bridgehead atoms. The molecule has 0 saturated heterocycles. The van der Waals surface area contributed by atoms with Crippen LogP contribution in [0.1, 0.15) is 24.2 Å². The van der Waals surface area contributed by atoms with Crippen LogP contribution in [0.15, 0.2) is 65.0 Å². The first-order chi connectivity index (χ1) is 12.5. The molecule has 1 amide bonds. The second-order valence-corrected chi connectivity index (χ2v) is 8.67. The third-order valence-electron chi connectivity index (χ3n) is 3.61. The molecule has 0 radical (unpaired) electrons. The van der Waals surface area contributed by atoms with Gasteiger partial charge in [0, 0.05) is 22.3 Å². The molecular weight excluding hydrogens is 367 g/mol. The Balaban J connectivity index is 2.05. The number of allylic oxidation sites excluding steroid dienone is 1. The Morgan fingerprint density at radius 2 is 2.15 bits per heavy atom. The van der Waals surface area contributed by atoms with Gasteiger partial charge in [0.2, 0.25) is 0 Å². The van der Waals surface area contributed by atoms with Crippen LogP contribution in [-0.4, -0.2) is 15.7 Å². The number of hydrogen-bond donors (Lipinski definition) is 0. The summed E-state index contributed by atoms with van der Waals surface area (Å²) < 4.78 is 16.1. The van der Waals surface area contributed by atoms with Crippen LogP contribution in [0, 0.1) is 5.82 Å². The number of fused-ring (bicyclic) bond motifs is 1. The smallest absolute Gasteiger partial charge is 0.279 e. The molecule has 3 nitrogen and oxygen atoms in total. The van der Waals surface area contributed by atoms with Crippen molar-refractivity contribution in [2.75, 3.05) is 0 Å². The van der Waals surface area contributed by atoms with E-state index in [2.05, 4.69) is 25.4 Å². The Hall–Kier alpha value is -2.18. The molecule has 1 aromatic heterocycles. The predicted octanol–water partition coefficient (Wildman–Crippen LogP) is 5.27. The topological polar surface area (TPSA) is 34.4 Å². The minimum absolute atomic E-state index is 0.305. The van der Waals surface area contributed by atoms with Crippen LogP contribution in [-0.2, 0) is 6.54 Å². The number of thiazole rings is 1. The third kappa shape index (κ3) is 4.14. The van der Waals surface area contributed by atoms with Crippen LogP contribution in [0.3, 0.4) is 0 Å². The number of aromatic nitrogens is 1. The van der Waals surface area contributed by atoms with Gasteiger partial charge in [-0.05, 0) is 36.4 Å². The lowest BCUT2D eigenvalue weighted by Gasteiger charge is -2.05. The van der Waals surface area contributed by atoms with Crippen LogP contribution in [0.4, 0.5) is 4.39 Å². The maximum atomic E-state index is 13.5. The molecule has 0 fully saturated rings. The molecule has 134 valence electrons. The monoisotopic (exact) mass is 386 g/mol. The van der Waals surface area contributed by atoms with Crippen molar-refractivity contribution in [1.29, 1.82) is 0 Å². The molecule has 3 rings (SSSR count). The summed E-state index contributed by atoms with van der Waals surface area (Å²) in [5.74, 6) is -0.609. The zero-order valence-electron chi connectivity index (χ0n) is 14.6. The molecule has 6 heteroatoms. The number of thioether (sulfide) groups is 1. The van der Waals surface area contributed by atoms with E-state index < -0.39 is 0 Å². The number of carbonyl (C=O) groups is 1. The molecule has 0 atom stereocenters. The van der Waals surface area contributed by atoms with Gasteiger partial charge in [-0.25, -0.2) is 4.39 Å². The van der Waals surface area contributed by atoms with Crippen molar-refractivity contribution in [2.45, 2.75) is 30.5 Å². The first-order valence-electron chi connectivity index (χ1n) is 8.23. The summed E-state index contributed by atoms with van der Waals surface area (Å²) >= 11 is 3.00. The summed E-state index contributed by atoms with van der Waals surface area (Å²) in [6, 6.07) is 12.1. The van der Waals surface area contributed by atoms with Crippen LogP contribution >= 0.6 is 23.1 Å². The van der Waals surface area contributed by atoms with E-state index in [1.807, 2.05) is 22.8 Å². The van der Waals surface area contributed by atoms with E-state index in [0.717, 1.165) is 15.1 Å². The Labute approximate surface area is 159 Å². The quantitative estimate of drug-likeness (QED) is 0.442. The van der Waals surface area contributed by atoms with E-state index in [9.17, 15) is 9.18 Å². The van der Waals surface area contributed by atoms with E-state index >= 15 is 0 Å². The van der Waals surface area contributed by atoms with Crippen LogP contribution in [0.2, 0.25) is 0 Å². The fourth-order valence-corrected chi connectivity index (χ4v) is 4.52. The molecule has 0 unspecified atom stereocenters. The Morgan fingerprint density at radius 1 is 1.35 bits per heavy atom. The van der Waals surface area contributed by atoms with Crippen LogP contribution in [0.5, 0.6) is 0 Å². The number of nitrogens with zero attached hydrogens (tertiary/aromatic N) is 2. The summed E-state index contributed by atoms with van der Waals surface area (Å²) in [6.07, 6.45) is 1.74. The average Bonchev–Trinajstić information content (AvgIpc) is 2.91. The molecule has 0 N–H and O–H groups in total. The van der Waals surface area contributed by atoms with Gasteiger partial charge in [-0.2, -0.15) is 4.99 Å². The molecule has 1 heterocycles. The predicted molar refractivity (Wildman–Crippen MR) is 107 cm³/mol. The van der Waals surface area contributed by atoms with E-state index in [1.165, 1.54) is 23.5 Å². The van der Waals surface area contributed by atoms with Gasteiger partial charge >= 0.3 is 0 Å². The molecule has 0 aliphatic carbocycles. The Kier molecular flexibility index (Phi) is 5.74. The van der Waals surface area contributed by atoms with Crippen LogP contribution in [0.25, 0.3) is 10.2 Å². The maximum absolute atomic E-state index is 13.5. The normalized spacial score (nSPS) is 12.1. The number of halogens is 1. The van der Waals surface area contributed by atoms with Crippen molar-refractivity contribution >= 4 is 39.2 Å². The van der Waals surface area contributed by atoms with Crippen molar-refractivity contribution in [3.63, 3.8) is 0 Å². The van der Waals surface area contributed by atoms with Gasteiger partial charge in [-0.1, -0.05) is 37.3 Å². The molecule has 2 aromatic carbocycles. The van der Waals surface area contributed by atoms with E-state index in [1.54, 1.807) is 30.0 Å². The van der Waals surface area contributed by atoms with Gasteiger partial charge in [-0.15, -0.1) is 18.3 Å². The zero-order chi connectivity index (χ0) is 18.7. The van der Waals surface area contributed by atoms with Gasteiger partial charge in [0.15, 0.2) is 4.80 Å². The molecule has 26 heavy (non-hydrogen) atoms. The highest BCUT2D eigenvalue weighted by atomic mass is 32.2. The van der Waals surface area contributed by atoms with E-state index in [0.29, 0.717) is 22.2 Å². The number of amides is 1. The number of carbonyl (C=O) groups excluding carboxylic acids is 1. The largest absolute Gasteiger partial charge is 0.312 e. The zero-order valence-corrected chi connectivity index (χ0v) is 16.2. The standard InChI is InChI=1S/C20H19FN2OS2/c1-4-10-23-17-9-8-15(21)12-18(17)26-20(23)22-19(24)14-6-5-7-16(11-14)25-13(2)3/h4-9,11-13H,1,10H2,2-3H3. The highest BCUT2D eigenvalue weighted by Crippen LogP contribution is 2.24. The number of rotatable bonds is 5. The minimum Gasteiger partial charge on any atom is -0.312 e. The van der Waals surface area contributed by atoms with Gasteiger partial charge in [-0.3, -0.25) is 4.79 Å². The third-order valence-corrected chi connectivity index (χ3v) is 5.65. The van der Waals surface area contributed by atoms with Gasteiger partial charge in [0.25, 0.3) is 5.91 Å². The van der Waals surface area contributed by atoms with E-state index in [-0.39, 0.29) is 11.7 Å². The molecule has 3 aromatic rings. The molecule has 0 saturated carbocycles. The summed E-state index contributed by atoms with van der Waals surface area (Å²) in [4.78, 5) is 18.5. The Morgan fingerprint density at radius 3 is 2.88 bits per heavy atom. The van der Waals surface area contributed by atoms with Crippen molar-refractivity contribution in [2.24, 2.45) is 4.99 Å². The molecular formula is C20H19FN2OS2. The summed E-state index contributed by atoms with van der Waals surface area (Å²) in [5.41, 5.74) is 1.39. The first-order valence-corrected chi connectivity index (χ1v) is 9.93. The molecule has 0 aliphatic rings. The average molecular weight is 387 g/mol. The Bertz CT molecular complexity index is 1030. The maximum Gasteiger partial charge on any atom is 0.279 e.